The van der Waals surface area contributed by atoms with Gasteiger partial charge in [-0.25, -0.2) is 0 Å². The molecular weight excluding hydrogens is 374 g/mol. The first kappa shape index (κ1) is 28.7. The van der Waals surface area contributed by atoms with E-state index in [1.807, 2.05) is 0 Å². The molecule has 0 spiro atoms. The van der Waals surface area contributed by atoms with Gasteiger partial charge < -0.3 is 49.5 Å². The summed E-state index contributed by atoms with van der Waals surface area (Å²) in [7, 11) is -4.89. The minimum Gasteiger partial charge on any atom is -0.756 e. The zero-order valence-corrected chi connectivity index (χ0v) is 14.9. The van der Waals surface area contributed by atoms with Gasteiger partial charge in [0.05, 0.1) is 5.97 Å². The van der Waals surface area contributed by atoms with Crippen molar-refractivity contribution in [2.24, 2.45) is 0 Å². The smallest absolute Gasteiger partial charge is 0.756 e. The summed E-state index contributed by atoms with van der Waals surface area (Å²) in [6.45, 7) is 0. The van der Waals surface area contributed by atoms with Crippen LogP contribution in [0.3, 0.4) is 0 Å². The van der Waals surface area contributed by atoms with Crippen LogP contribution in [0.5, 0.6) is 0 Å². The average Bonchev–Trinajstić information content (AvgIpc) is 1.95. The maximum Gasteiger partial charge on any atom is 3.00 e. The van der Waals surface area contributed by atoms with Crippen LogP contribution in [0.2, 0.25) is 0 Å². The Hall–Kier alpha value is 0.636. The summed E-state index contributed by atoms with van der Waals surface area (Å²) in [6, 6.07) is 0. The third-order valence-corrected chi connectivity index (χ3v) is 1.25. The standard InChI is InChI=1S/C6H8O7.Fe.K.H3O4P/c7-3(8)1-6(13,5(11)12)2-4(9)10;;;1-5(2,3)4/h13H,1-2H2,(H,7,8)(H,9,10)(H,11,12);;;(H3,1,2,3,4)/q;+3;+1;/p-4. The van der Waals surface area contributed by atoms with E-state index in [-0.39, 0.29) is 68.5 Å². The monoisotopic (exact) mass is 381 g/mol. The predicted molar refractivity (Wildman–Crippen MR) is 41.2 cm³/mol. The van der Waals surface area contributed by atoms with Gasteiger partial charge in [-0.15, -0.1) is 0 Å². The number of hydrogen-bond donors (Lipinski definition) is 3. The van der Waals surface area contributed by atoms with Gasteiger partial charge in [0.15, 0.2) is 0 Å². The van der Waals surface area contributed by atoms with Crippen LogP contribution >= 0.6 is 7.82 Å². The van der Waals surface area contributed by atoms with Gasteiger partial charge in [0.25, 0.3) is 7.82 Å². The molecule has 0 unspecified atom stereocenters. The Labute approximate surface area is 165 Å². The molecule has 0 atom stereocenters. The number of carboxylic acid groups (broad SMARTS) is 3. The van der Waals surface area contributed by atoms with Crippen LogP contribution in [0.1, 0.15) is 12.8 Å². The maximum absolute atomic E-state index is 10.1. The van der Waals surface area contributed by atoms with Crippen LogP contribution in [-0.2, 0) is 36.0 Å². The minimum atomic E-state index is -4.89. The van der Waals surface area contributed by atoms with Crippen molar-refractivity contribution in [1.82, 2.24) is 0 Å². The Balaban J connectivity index is -0.000000158. The van der Waals surface area contributed by atoms with Gasteiger partial charge in [-0.3, -0.25) is 4.57 Å². The molecule has 0 aromatic carbocycles. The fraction of sp³-hybridized carbons (Fsp3) is 0.500. The normalized spacial score (nSPS) is 10.0. The number of rotatable bonds is 5. The van der Waals surface area contributed by atoms with Crippen molar-refractivity contribution in [3.63, 3.8) is 0 Å². The molecule has 14 heteroatoms. The summed E-state index contributed by atoms with van der Waals surface area (Å²) in [5.41, 5.74) is -2.97. The van der Waals surface area contributed by atoms with Crippen molar-refractivity contribution in [3.8, 4) is 0 Å². The van der Waals surface area contributed by atoms with E-state index in [0.717, 1.165) is 0 Å². The fourth-order valence-electron chi connectivity index (χ4n) is 0.684. The molecule has 0 saturated carbocycles. The molecule has 111 valence electrons. The van der Waals surface area contributed by atoms with E-state index in [1.54, 1.807) is 0 Å². The second-order valence-corrected chi connectivity index (χ2v) is 3.89. The number of phosphoric acid groups is 1. The zero-order chi connectivity index (χ0) is 15.1. The van der Waals surface area contributed by atoms with Gasteiger partial charge in [-0.1, -0.05) is 0 Å². The average molecular weight is 381 g/mol. The number of carbonyl (C=O) groups excluding carboxylic acids is 3. The first-order valence-electron chi connectivity index (χ1n) is 3.88. The van der Waals surface area contributed by atoms with Crippen LogP contribution in [-0.4, -0.2) is 38.4 Å². The van der Waals surface area contributed by atoms with Gasteiger partial charge in [0.2, 0.25) is 0 Å². The quantitative estimate of drug-likeness (QED) is 0.299. The number of aliphatic hydroxyl groups is 1. The topological polar surface area (TPSA) is 221 Å². The van der Waals surface area contributed by atoms with Crippen LogP contribution < -0.4 is 71.6 Å². The summed E-state index contributed by atoms with van der Waals surface area (Å²) in [5, 5.41) is 38.9. The van der Waals surface area contributed by atoms with Crippen LogP contribution in [0.15, 0.2) is 0 Å². The Morgan fingerprint density at radius 3 is 1.30 bits per heavy atom. The Morgan fingerprint density at radius 2 is 1.20 bits per heavy atom. The molecule has 1 radical (unpaired) electrons. The number of hydrogen-bond acceptors (Lipinski definition) is 9. The summed E-state index contributed by atoms with van der Waals surface area (Å²) >= 11 is 0. The number of carbonyl (C=O) groups is 3. The molecule has 0 aromatic heterocycles. The predicted octanol–water partition coefficient (Wildman–Crippen LogP) is -9.81. The molecule has 0 fully saturated rings. The molecule has 0 rings (SSSR count). The van der Waals surface area contributed by atoms with Gasteiger partial charge in [0, 0.05) is 24.8 Å². The van der Waals surface area contributed by atoms with Crippen molar-refractivity contribution in [3.05, 3.63) is 0 Å². The van der Waals surface area contributed by atoms with E-state index >= 15 is 0 Å². The van der Waals surface area contributed by atoms with Gasteiger partial charge in [-0.2, -0.15) is 0 Å². The third-order valence-electron chi connectivity index (χ3n) is 1.25. The molecule has 0 amide bonds. The van der Waals surface area contributed by atoms with Gasteiger partial charge in [-0.05, 0) is 0 Å². The van der Waals surface area contributed by atoms with Crippen molar-refractivity contribution in [2.45, 2.75) is 18.4 Å². The molecule has 0 saturated heterocycles. The first-order chi connectivity index (χ1) is 7.78. The van der Waals surface area contributed by atoms with E-state index in [2.05, 4.69) is 0 Å². The van der Waals surface area contributed by atoms with Gasteiger partial charge >= 0.3 is 68.5 Å². The molecule has 3 N–H and O–H groups in total. The fourth-order valence-corrected chi connectivity index (χ4v) is 0.684. The molecule has 11 nitrogen and oxygen atoms in total. The second kappa shape index (κ2) is 12.2. The molecule has 0 heterocycles. The van der Waals surface area contributed by atoms with Crippen molar-refractivity contribution in [1.29, 1.82) is 0 Å². The molecular formula is C6H7FeKO11P. The summed E-state index contributed by atoms with van der Waals surface area (Å²) in [6.07, 6.45) is -2.72. The molecule has 0 aliphatic carbocycles. The van der Waals surface area contributed by atoms with E-state index in [9.17, 15) is 29.7 Å². The van der Waals surface area contributed by atoms with Crippen LogP contribution in [0.25, 0.3) is 0 Å². The first-order valence-corrected chi connectivity index (χ1v) is 5.41. The van der Waals surface area contributed by atoms with E-state index in [4.69, 9.17) is 24.4 Å². The Kier molecular flexibility index (Phi) is 17.5. The SMILES string of the molecule is O=C([O-])CC(O)(CC(=O)[O-])C(=O)[O-].O=P([O-])(O)O.[Fe+3].[K+]. The maximum atomic E-state index is 10.1. The van der Waals surface area contributed by atoms with E-state index in [0.29, 0.717) is 0 Å². The van der Waals surface area contributed by atoms with Crippen molar-refractivity contribution >= 4 is 25.7 Å². The number of carboxylic acids is 3. The Morgan fingerprint density at radius 1 is 1.00 bits per heavy atom. The Bertz CT molecular complexity index is 355. The largest absolute Gasteiger partial charge is 3.00 e. The van der Waals surface area contributed by atoms with Crippen molar-refractivity contribution < 1.29 is 123 Å². The zero-order valence-electron chi connectivity index (χ0n) is 9.82. The van der Waals surface area contributed by atoms with Crippen LogP contribution in [0.4, 0.5) is 0 Å². The van der Waals surface area contributed by atoms with E-state index < -0.39 is 44.2 Å². The molecule has 0 aliphatic rings. The molecule has 0 aromatic rings. The third kappa shape index (κ3) is 20.9. The summed E-state index contributed by atoms with van der Waals surface area (Å²) in [5.74, 6) is -5.98. The minimum absolute atomic E-state index is 0. The number of aliphatic carboxylic acids is 3. The van der Waals surface area contributed by atoms with E-state index in [1.165, 1.54) is 0 Å². The molecule has 20 heavy (non-hydrogen) atoms. The summed E-state index contributed by atoms with van der Waals surface area (Å²) in [4.78, 5) is 52.9. The van der Waals surface area contributed by atoms with Crippen molar-refractivity contribution in [2.75, 3.05) is 0 Å². The molecule has 0 bridgehead atoms. The van der Waals surface area contributed by atoms with Gasteiger partial charge in [0.1, 0.15) is 5.60 Å². The second-order valence-electron chi connectivity index (χ2n) is 2.91. The van der Waals surface area contributed by atoms with Crippen LogP contribution in [0, 0.1) is 0 Å². The summed E-state index contributed by atoms with van der Waals surface area (Å²) < 4.78 is 8.77. The molecule has 0 aliphatic heterocycles.